The number of hydrogen-bond donors (Lipinski definition) is 1. The second-order valence-corrected chi connectivity index (χ2v) is 4.15. The fourth-order valence-corrected chi connectivity index (χ4v) is 2.00. The smallest absolute Gasteiger partial charge is 0.188 e. The summed E-state index contributed by atoms with van der Waals surface area (Å²) in [6, 6.07) is 0. The quantitative estimate of drug-likeness (QED) is 0.859. The Morgan fingerprint density at radius 3 is 2.86 bits per heavy atom. The normalized spacial score (nSPS) is 10.5. The average Bonchev–Trinajstić information content (AvgIpc) is 2.61. The molecule has 0 aromatic carbocycles. The molecule has 0 aliphatic heterocycles. The van der Waals surface area contributed by atoms with Gasteiger partial charge in [-0.05, 0) is 6.92 Å². The zero-order chi connectivity index (χ0) is 10.1. The lowest BCUT2D eigenvalue weighted by atomic mass is 10.4. The van der Waals surface area contributed by atoms with E-state index in [1.54, 1.807) is 10.1 Å². The van der Waals surface area contributed by atoms with Crippen LogP contribution in [0.4, 0.5) is 10.8 Å². The molecule has 2 rings (SSSR count). The van der Waals surface area contributed by atoms with Crippen LogP contribution in [0.15, 0.2) is 11.6 Å². The average molecular weight is 229 g/mol. The van der Waals surface area contributed by atoms with Crippen molar-refractivity contribution in [2.75, 3.05) is 5.32 Å². The van der Waals surface area contributed by atoms with Crippen molar-refractivity contribution in [2.45, 2.75) is 6.92 Å². The van der Waals surface area contributed by atoms with Crippen molar-refractivity contribution in [1.82, 2.24) is 14.8 Å². The summed E-state index contributed by atoms with van der Waals surface area (Å²) >= 11 is 7.18. The first-order valence-electron chi connectivity index (χ1n) is 4.03. The van der Waals surface area contributed by atoms with Gasteiger partial charge >= 0.3 is 0 Å². The minimum absolute atomic E-state index is 0.513. The van der Waals surface area contributed by atoms with Crippen LogP contribution in [0, 0.1) is 6.92 Å². The molecule has 2 aromatic rings. The maximum absolute atomic E-state index is 5.71. The second kappa shape index (κ2) is 3.59. The first-order valence-corrected chi connectivity index (χ1v) is 5.29. The monoisotopic (exact) mass is 228 g/mol. The van der Waals surface area contributed by atoms with E-state index in [0.29, 0.717) is 5.15 Å². The molecule has 2 aromatic heterocycles. The number of nitrogens with one attached hydrogen (secondary N) is 1. The molecule has 0 saturated carbocycles. The van der Waals surface area contributed by atoms with E-state index in [9.17, 15) is 0 Å². The van der Waals surface area contributed by atoms with Gasteiger partial charge in [0.2, 0.25) is 0 Å². The molecule has 6 heteroatoms. The van der Waals surface area contributed by atoms with Crippen molar-refractivity contribution >= 4 is 33.8 Å². The van der Waals surface area contributed by atoms with Crippen LogP contribution in [-0.4, -0.2) is 14.8 Å². The van der Waals surface area contributed by atoms with Crippen LogP contribution in [0.5, 0.6) is 0 Å². The van der Waals surface area contributed by atoms with Crippen molar-refractivity contribution in [3.05, 3.63) is 22.4 Å². The van der Waals surface area contributed by atoms with Gasteiger partial charge in [0.1, 0.15) is 5.15 Å². The molecule has 0 amide bonds. The van der Waals surface area contributed by atoms with Gasteiger partial charge in [-0.1, -0.05) is 11.6 Å². The van der Waals surface area contributed by atoms with E-state index in [1.165, 1.54) is 11.3 Å². The summed E-state index contributed by atoms with van der Waals surface area (Å²) in [6.45, 7) is 1.94. The number of halogens is 1. The summed E-state index contributed by atoms with van der Waals surface area (Å²) in [5.74, 6) is 0. The number of thiazole rings is 1. The molecule has 0 bridgehead atoms. The lowest BCUT2D eigenvalue weighted by Crippen LogP contribution is -1.89. The Labute approximate surface area is 90.5 Å². The van der Waals surface area contributed by atoms with Gasteiger partial charge in [-0.15, -0.1) is 11.3 Å². The highest BCUT2D eigenvalue weighted by molar-refractivity contribution is 7.14. The Kier molecular flexibility index (Phi) is 2.43. The van der Waals surface area contributed by atoms with Crippen molar-refractivity contribution in [3.63, 3.8) is 0 Å². The third kappa shape index (κ3) is 1.88. The fourth-order valence-electron chi connectivity index (χ4n) is 1.15. The molecule has 0 atom stereocenters. The van der Waals surface area contributed by atoms with Crippen molar-refractivity contribution in [1.29, 1.82) is 0 Å². The highest BCUT2D eigenvalue weighted by Gasteiger charge is 2.05. The van der Waals surface area contributed by atoms with Gasteiger partial charge in [-0.2, -0.15) is 5.10 Å². The molecule has 14 heavy (non-hydrogen) atoms. The minimum Gasteiger partial charge on any atom is -0.329 e. The van der Waals surface area contributed by atoms with Gasteiger partial charge < -0.3 is 5.32 Å². The number of rotatable bonds is 2. The standard InChI is InChI=1S/C8H9ClN4S/c1-5-6(3-13(2)12-5)10-8-11-7(9)4-14-8/h3-4H,1-2H3,(H,10,11). The van der Waals surface area contributed by atoms with Gasteiger partial charge in [0.15, 0.2) is 5.13 Å². The zero-order valence-electron chi connectivity index (χ0n) is 7.78. The first-order chi connectivity index (χ1) is 6.65. The molecule has 0 radical (unpaired) electrons. The van der Waals surface area contributed by atoms with Crippen LogP contribution < -0.4 is 5.32 Å². The Balaban J connectivity index is 2.22. The van der Waals surface area contributed by atoms with Crippen LogP contribution in [0.25, 0.3) is 0 Å². The third-order valence-electron chi connectivity index (χ3n) is 1.73. The fraction of sp³-hybridized carbons (Fsp3) is 0.250. The maximum Gasteiger partial charge on any atom is 0.188 e. The number of aryl methyl sites for hydroxylation is 2. The van der Waals surface area contributed by atoms with E-state index in [4.69, 9.17) is 11.6 Å². The highest BCUT2D eigenvalue weighted by atomic mass is 35.5. The van der Waals surface area contributed by atoms with Crippen LogP contribution in [-0.2, 0) is 7.05 Å². The Morgan fingerprint density at radius 2 is 2.36 bits per heavy atom. The van der Waals surface area contributed by atoms with Crippen LogP contribution >= 0.6 is 22.9 Å². The predicted octanol–water partition coefficient (Wildman–Crippen LogP) is 2.58. The Morgan fingerprint density at radius 1 is 1.57 bits per heavy atom. The van der Waals surface area contributed by atoms with Gasteiger partial charge in [0.25, 0.3) is 0 Å². The molecule has 4 nitrogen and oxygen atoms in total. The van der Waals surface area contributed by atoms with E-state index < -0.39 is 0 Å². The van der Waals surface area contributed by atoms with E-state index in [2.05, 4.69) is 15.4 Å². The summed E-state index contributed by atoms with van der Waals surface area (Å²) in [5, 5.41) is 10.4. The second-order valence-electron chi connectivity index (χ2n) is 2.90. The Bertz CT molecular complexity index is 448. The van der Waals surface area contributed by atoms with Crippen molar-refractivity contribution in [3.8, 4) is 0 Å². The van der Waals surface area contributed by atoms with E-state index in [-0.39, 0.29) is 0 Å². The van der Waals surface area contributed by atoms with Crippen molar-refractivity contribution < 1.29 is 0 Å². The topological polar surface area (TPSA) is 42.7 Å². The van der Waals surface area contributed by atoms with Crippen LogP contribution in [0.3, 0.4) is 0 Å². The molecule has 0 aliphatic carbocycles. The van der Waals surface area contributed by atoms with Crippen molar-refractivity contribution in [2.24, 2.45) is 7.05 Å². The molecule has 0 unspecified atom stereocenters. The molecule has 1 N–H and O–H groups in total. The van der Waals surface area contributed by atoms with E-state index in [0.717, 1.165) is 16.5 Å². The summed E-state index contributed by atoms with van der Waals surface area (Å²) in [7, 11) is 1.88. The third-order valence-corrected chi connectivity index (χ3v) is 2.81. The SMILES string of the molecule is Cc1nn(C)cc1Nc1nc(Cl)cs1. The number of anilines is 2. The summed E-state index contributed by atoms with van der Waals surface area (Å²) in [5.41, 5.74) is 1.90. The maximum atomic E-state index is 5.71. The van der Waals surface area contributed by atoms with E-state index in [1.807, 2.05) is 20.2 Å². The van der Waals surface area contributed by atoms with Crippen LogP contribution in [0.2, 0.25) is 5.15 Å². The summed E-state index contributed by atoms with van der Waals surface area (Å²) in [6.07, 6.45) is 1.91. The van der Waals surface area contributed by atoms with E-state index >= 15 is 0 Å². The van der Waals surface area contributed by atoms with Gasteiger partial charge in [0.05, 0.1) is 11.4 Å². The highest BCUT2D eigenvalue weighted by Crippen LogP contribution is 2.24. The molecule has 0 spiro atoms. The molecule has 0 aliphatic rings. The van der Waals surface area contributed by atoms with Gasteiger partial charge in [0, 0.05) is 18.6 Å². The molecule has 2 heterocycles. The minimum atomic E-state index is 0.513. The number of nitrogens with zero attached hydrogens (tertiary/aromatic N) is 3. The molecular formula is C8H9ClN4S. The summed E-state index contributed by atoms with van der Waals surface area (Å²) in [4.78, 5) is 4.09. The summed E-state index contributed by atoms with van der Waals surface area (Å²) < 4.78 is 1.76. The predicted molar refractivity (Wildman–Crippen MR) is 58.4 cm³/mol. The lowest BCUT2D eigenvalue weighted by Gasteiger charge is -1.97. The van der Waals surface area contributed by atoms with Gasteiger partial charge in [-0.3, -0.25) is 4.68 Å². The van der Waals surface area contributed by atoms with Gasteiger partial charge in [-0.25, -0.2) is 4.98 Å². The molecule has 74 valence electrons. The Hall–Kier alpha value is -1.07. The lowest BCUT2D eigenvalue weighted by molar-refractivity contribution is 0.756. The van der Waals surface area contributed by atoms with Crippen LogP contribution in [0.1, 0.15) is 5.69 Å². The first kappa shape index (κ1) is 9.48. The number of aromatic nitrogens is 3. The molecular weight excluding hydrogens is 220 g/mol. The molecule has 0 saturated heterocycles. The molecule has 0 fully saturated rings. The zero-order valence-corrected chi connectivity index (χ0v) is 9.35. The number of hydrogen-bond acceptors (Lipinski definition) is 4. The largest absolute Gasteiger partial charge is 0.329 e.